The molecule has 1 aromatic carbocycles. The molecule has 0 spiro atoms. The predicted molar refractivity (Wildman–Crippen MR) is 113 cm³/mol. The van der Waals surface area contributed by atoms with Crippen molar-refractivity contribution in [3.8, 4) is 11.1 Å². The predicted octanol–water partition coefficient (Wildman–Crippen LogP) is 4.72. The summed E-state index contributed by atoms with van der Waals surface area (Å²) in [6.07, 6.45) is 6.92. The van der Waals surface area contributed by atoms with Gasteiger partial charge in [0.15, 0.2) is 0 Å². The number of fused-ring (bicyclic) bond motifs is 1. The zero-order chi connectivity index (χ0) is 18.2. The van der Waals surface area contributed by atoms with E-state index in [0.29, 0.717) is 6.04 Å². The highest BCUT2D eigenvalue weighted by Gasteiger charge is 2.30. The van der Waals surface area contributed by atoms with Crippen molar-refractivity contribution in [2.24, 2.45) is 5.92 Å². The van der Waals surface area contributed by atoms with Gasteiger partial charge in [-0.15, -0.1) is 11.3 Å². The number of hydrogen-bond acceptors (Lipinski definition) is 5. The van der Waals surface area contributed by atoms with Gasteiger partial charge in [-0.25, -0.2) is 9.97 Å². The molecule has 1 unspecified atom stereocenters. The van der Waals surface area contributed by atoms with E-state index in [4.69, 9.17) is 4.98 Å². The SMILES string of the molecule is CC(NC1CC1)C1CCN(c2ncnc3scc(-c4ccccc4)c23)CC1. The lowest BCUT2D eigenvalue weighted by atomic mass is 9.90. The Morgan fingerprint density at radius 2 is 1.85 bits per heavy atom. The van der Waals surface area contributed by atoms with Crippen LogP contribution in [-0.2, 0) is 0 Å². The Labute approximate surface area is 164 Å². The largest absolute Gasteiger partial charge is 0.356 e. The van der Waals surface area contributed by atoms with E-state index in [1.54, 1.807) is 17.7 Å². The number of thiophene rings is 1. The quantitative estimate of drug-likeness (QED) is 0.698. The van der Waals surface area contributed by atoms with Crippen LogP contribution < -0.4 is 10.2 Å². The van der Waals surface area contributed by atoms with Crippen molar-refractivity contribution in [2.75, 3.05) is 18.0 Å². The van der Waals surface area contributed by atoms with Gasteiger partial charge >= 0.3 is 0 Å². The summed E-state index contributed by atoms with van der Waals surface area (Å²) in [6, 6.07) is 12.0. The van der Waals surface area contributed by atoms with Gasteiger partial charge in [0.1, 0.15) is 17.0 Å². The Morgan fingerprint density at radius 3 is 2.59 bits per heavy atom. The van der Waals surface area contributed by atoms with Gasteiger partial charge in [-0.05, 0) is 44.1 Å². The van der Waals surface area contributed by atoms with E-state index >= 15 is 0 Å². The van der Waals surface area contributed by atoms with Crippen LogP contribution in [0.4, 0.5) is 5.82 Å². The summed E-state index contributed by atoms with van der Waals surface area (Å²) in [6.45, 7) is 4.53. The molecule has 4 nitrogen and oxygen atoms in total. The average molecular weight is 379 g/mol. The van der Waals surface area contributed by atoms with Crippen molar-refractivity contribution in [3.05, 3.63) is 42.0 Å². The molecule has 1 N–H and O–H groups in total. The van der Waals surface area contributed by atoms with Gasteiger partial charge in [-0.3, -0.25) is 0 Å². The molecule has 5 rings (SSSR count). The number of aromatic nitrogens is 2. The van der Waals surface area contributed by atoms with Crippen molar-refractivity contribution in [1.82, 2.24) is 15.3 Å². The number of rotatable bonds is 5. The van der Waals surface area contributed by atoms with E-state index in [-0.39, 0.29) is 0 Å². The van der Waals surface area contributed by atoms with Crippen LogP contribution in [0.1, 0.15) is 32.6 Å². The first-order valence-electron chi connectivity index (χ1n) is 10.1. The minimum Gasteiger partial charge on any atom is -0.356 e. The van der Waals surface area contributed by atoms with Crippen LogP contribution in [0.15, 0.2) is 42.0 Å². The van der Waals surface area contributed by atoms with E-state index in [0.717, 1.165) is 35.7 Å². The molecule has 1 aliphatic carbocycles. The lowest BCUT2D eigenvalue weighted by molar-refractivity contribution is 0.309. The molecule has 0 radical (unpaired) electrons. The third-order valence-corrected chi connectivity index (χ3v) is 6.94. The second-order valence-corrected chi connectivity index (χ2v) is 8.81. The molecule has 2 aliphatic rings. The van der Waals surface area contributed by atoms with Crippen LogP contribution in [0, 0.1) is 5.92 Å². The molecule has 0 amide bonds. The number of piperidine rings is 1. The fourth-order valence-corrected chi connectivity index (χ4v) is 5.21. The van der Waals surface area contributed by atoms with Crippen molar-refractivity contribution in [2.45, 2.75) is 44.7 Å². The van der Waals surface area contributed by atoms with Crippen LogP contribution in [0.2, 0.25) is 0 Å². The van der Waals surface area contributed by atoms with Crippen molar-refractivity contribution in [1.29, 1.82) is 0 Å². The topological polar surface area (TPSA) is 41.0 Å². The Morgan fingerprint density at radius 1 is 1.07 bits per heavy atom. The Kier molecular flexibility index (Phi) is 4.58. The van der Waals surface area contributed by atoms with Crippen LogP contribution in [-0.4, -0.2) is 35.1 Å². The molecular formula is C22H26N4S. The number of nitrogens with zero attached hydrogens (tertiary/aromatic N) is 3. The first kappa shape index (κ1) is 17.1. The minimum absolute atomic E-state index is 0.631. The molecule has 3 aromatic rings. The van der Waals surface area contributed by atoms with Crippen molar-refractivity contribution < 1.29 is 0 Å². The highest BCUT2D eigenvalue weighted by Crippen LogP contribution is 2.39. The van der Waals surface area contributed by atoms with Gasteiger partial charge in [-0.2, -0.15) is 0 Å². The normalized spacial score (nSPS) is 19.5. The molecule has 27 heavy (non-hydrogen) atoms. The summed E-state index contributed by atoms with van der Waals surface area (Å²) in [4.78, 5) is 12.8. The molecule has 5 heteroatoms. The van der Waals surface area contributed by atoms with Gasteiger partial charge in [0, 0.05) is 36.1 Å². The minimum atomic E-state index is 0.631. The van der Waals surface area contributed by atoms with Gasteiger partial charge in [-0.1, -0.05) is 30.3 Å². The Hall–Kier alpha value is -1.98. The van der Waals surface area contributed by atoms with Gasteiger partial charge < -0.3 is 10.2 Å². The zero-order valence-electron chi connectivity index (χ0n) is 15.8. The fourth-order valence-electron chi connectivity index (χ4n) is 4.30. The summed E-state index contributed by atoms with van der Waals surface area (Å²) in [5.74, 6) is 1.89. The molecule has 3 heterocycles. The molecule has 2 aromatic heterocycles. The number of benzene rings is 1. The third-order valence-electron chi connectivity index (χ3n) is 6.06. The van der Waals surface area contributed by atoms with E-state index in [1.807, 2.05) is 0 Å². The van der Waals surface area contributed by atoms with Gasteiger partial charge in [0.2, 0.25) is 0 Å². The third kappa shape index (κ3) is 3.46. The average Bonchev–Trinajstić information content (AvgIpc) is 3.43. The standard InChI is InChI=1S/C22H26N4S/c1-15(25-18-7-8-18)16-9-11-26(12-10-16)21-20-19(17-5-3-2-4-6-17)13-27-22(20)24-14-23-21/h2-6,13-16,18,25H,7-12H2,1H3. The highest BCUT2D eigenvalue weighted by molar-refractivity contribution is 7.17. The summed E-state index contributed by atoms with van der Waals surface area (Å²) in [7, 11) is 0. The van der Waals surface area contributed by atoms with Crippen LogP contribution in [0.5, 0.6) is 0 Å². The Balaban J connectivity index is 1.40. The molecule has 1 saturated carbocycles. The Bertz CT molecular complexity index is 910. The van der Waals surface area contributed by atoms with E-state index in [2.05, 4.69) is 57.8 Å². The monoisotopic (exact) mass is 378 g/mol. The molecule has 1 aliphatic heterocycles. The highest BCUT2D eigenvalue weighted by atomic mass is 32.1. The maximum absolute atomic E-state index is 4.72. The molecule has 140 valence electrons. The van der Waals surface area contributed by atoms with E-state index in [9.17, 15) is 0 Å². The number of hydrogen-bond donors (Lipinski definition) is 1. The summed E-state index contributed by atoms with van der Waals surface area (Å²) < 4.78 is 0. The molecule has 2 fully saturated rings. The maximum Gasteiger partial charge on any atom is 0.141 e. The second kappa shape index (κ2) is 7.21. The van der Waals surface area contributed by atoms with Crippen LogP contribution >= 0.6 is 11.3 Å². The van der Waals surface area contributed by atoms with Gasteiger partial charge in [0.25, 0.3) is 0 Å². The first-order valence-corrected chi connectivity index (χ1v) is 11.0. The number of nitrogens with one attached hydrogen (secondary N) is 1. The summed E-state index contributed by atoms with van der Waals surface area (Å²) in [5, 5.41) is 7.24. The lowest BCUT2D eigenvalue weighted by Gasteiger charge is -2.36. The van der Waals surface area contributed by atoms with E-state index in [1.165, 1.54) is 42.2 Å². The van der Waals surface area contributed by atoms with Crippen LogP contribution in [0.25, 0.3) is 21.3 Å². The van der Waals surface area contributed by atoms with Crippen molar-refractivity contribution >= 4 is 27.4 Å². The first-order chi connectivity index (χ1) is 13.3. The van der Waals surface area contributed by atoms with Crippen molar-refractivity contribution in [3.63, 3.8) is 0 Å². The fraction of sp³-hybridized carbons (Fsp3) is 0.455. The van der Waals surface area contributed by atoms with Crippen LogP contribution in [0.3, 0.4) is 0 Å². The lowest BCUT2D eigenvalue weighted by Crippen LogP contribution is -2.43. The second-order valence-electron chi connectivity index (χ2n) is 7.95. The maximum atomic E-state index is 4.72. The summed E-state index contributed by atoms with van der Waals surface area (Å²) in [5.41, 5.74) is 2.51. The molecular weight excluding hydrogens is 352 g/mol. The molecule has 1 atom stereocenters. The zero-order valence-corrected chi connectivity index (χ0v) is 16.6. The molecule has 1 saturated heterocycles. The number of anilines is 1. The van der Waals surface area contributed by atoms with E-state index < -0.39 is 0 Å². The summed E-state index contributed by atoms with van der Waals surface area (Å²) >= 11 is 1.72. The smallest absolute Gasteiger partial charge is 0.141 e. The van der Waals surface area contributed by atoms with Gasteiger partial charge in [0.05, 0.1) is 5.39 Å². The molecule has 0 bridgehead atoms.